The first kappa shape index (κ1) is 20.7. The van der Waals surface area contributed by atoms with Gasteiger partial charge >= 0.3 is 12.3 Å². The van der Waals surface area contributed by atoms with Crippen molar-refractivity contribution in [1.82, 2.24) is 4.90 Å². The molecule has 4 nitrogen and oxygen atoms in total. The van der Waals surface area contributed by atoms with Gasteiger partial charge in [-0.15, -0.1) is 0 Å². The van der Waals surface area contributed by atoms with E-state index >= 15 is 0 Å². The highest BCUT2D eigenvalue weighted by Gasteiger charge is 2.31. The maximum Gasteiger partial charge on any atom is 0.416 e. The standard InChI is InChI=1S/C18H23ClF3NO3/c1-17(2,3)26-16(24)23-8-6-12(7-9-23)11-25-15-10-13(18(20,21)22)4-5-14(15)19/h4-5,10,12H,6-9,11H2,1-3H3. The molecule has 0 aliphatic carbocycles. The van der Waals surface area contributed by atoms with E-state index in [0.29, 0.717) is 25.9 Å². The summed E-state index contributed by atoms with van der Waals surface area (Å²) >= 11 is 5.93. The molecular formula is C18H23ClF3NO3. The average Bonchev–Trinajstić information content (AvgIpc) is 2.52. The summed E-state index contributed by atoms with van der Waals surface area (Å²) in [7, 11) is 0. The lowest BCUT2D eigenvalue weighted by atomic mass is 9.98. The van der Waals surface area contributed by atoms with Crippen molar-refractivity contribution in [2.24, 2.45) is 5.92 Å². The molecule has 1 aromatic rings. The molecule has 1 heterocycles. The fourth-order valence-corrected chi connectivity index (χ4v) is 2.78. The summed E-state index contributed by atoms with van der Waals surface area (Å²) in [6, 6.07) is 3.03. The fraction of sp³-hybridized carbons (Fsp3) is 0.611. The predicted molar refractivity (Wildman–Crippen MR) is 92.5 cm³/mol. The molecule has 0 radical (unpaired) electrons. The summed E-state index contributed by atoms with van der Waals surface area (Å²) in [4.78, 5) is 13.7. The Morgan fingerprint density at radius 3 is 2.38 bits per heavy atom. The van der Waals surface area contributed by atoms with Gasteiger partial charge in [0.15, 0.2) is 0 Å². The highest BCUT2D eigenvalue weighted by Crippen LogP contribution is 2.35. The summed E-state index contributed by atoms with van der Waals surface area (Å²) in [5, 5.41) is 0.143. The van der Waals surface area contributed by atoms with Crippen molar-refractivity contribution in [3.8, 4) is 5.75 Å². The second kappa shape index (κ2) is 7.94. The lowest BCUT2D eigenvalue weighted by Crippen LogP contribution is -2.42. The highest BCUT2D eigenvalue weighted by molar-refractivity contribution is 6.32. The summed E-state index contributed by atoms with van der Waals surface area (Å²) in [5.41, 5.74) is -1.34. The summed E-state index contributed by atoms with van der Waals surface area (Å²) in [5.74, 6) is 0.162. The predicted octanol–water partition coefficient (Wildman–Crippen LogP) is 5.38. The van der Waals surface area contributed by atoms with Crippen LogP contribution in [0.1, 0.15) is 39.2 Å². The molecular weight excluding hydrogens is 371 g/mol. The molecule has 1 saturated heterocycles. The van der Waals surface area contributed by atoms with Gasteiger partial charge in [-0.3, -0.25) is 0 Å². The van der Waals surface area contributed by atoms with Crippen molar-refractivity contribution < 1.29 is 27.4 Å². The van der Waals surface area contributed by atoms with Gasteiger partial charge in [0.1, 0.15) is 11.4 Å². The van der Waals surface area contributed by atoms with Gasteiger partial charge < -0.3 is 14.4 Å². The van der Waals surface area contributed by atoms with Gasteiger partial charge in [0.25, 0.3) is 0 Å². The Balaban J connectivity index is 1.86. The minimum absolute atomic E-state index is 0.0241. The molecule has 0 spiro atoms. The minimum atomic E-state index is -4.44. The van der Waals surface area contributed by atoms with E-state index in [4.69, 9.17) is 21.1 Å². The smallest absolute Gasteiger partial charge is 0.416 e. The fourth-order valence-electron chi connectivity index (χ4n) is 2.61. The normalized spacial score (nSPS) is 16.5. The van der Waals surface area contributed by atoms with Gasteiger partial charge in [-0.05, 0) is 57.7 Å². The molecule has 2 rings (SSSR count). The van der Waals surface area contributed by atoms with Gasteiger partial charge in [0, 0.05) is 13.1 Å². The Bertz CT molecular complexity index is 636. The zero-order valence-electron chi connectivity index (χ0n) is 15.0. The molecule has 0 bridgehead atoms. The number of hydrogen-bond donors (Lipinski definition) is 0. The number of carbonyl (C=O) groups is 1. The van der Waals surface area contributed by atoms with E-state index in [-0.39, 0.29) is 29.4 Å². The summed E-state index contributed by atoms with van der Waals surface area (Å²) in [6.07, 6.45) is -3.41. The van der Waals surface area contributed by atoms with Crippen molar-refractivity contribution in [3.63, 3.8) is 0 Å². The van der Waals surface area contributed by atoms with Crippen LogP contribution in [0.3, 0.4) is 0 Å². The average molecular weight is 394 g/mol. The maximum atomic E-state index is 12.8. The number of ether oxygens (including phenoxy) is 2. The van der Waals surface area contributed by atoms with Crippen molar-refractivity contribution in [2.45, 2.75) is 45.4 Å². The van der Waals surface area contributed by atoms with Crippen LogP contribution in [0.25, 0.3) is 0 Å². The van der Waals surface area contributed by atoms with Gasteiger partial charge in [0.05, 0.1) is 17.2 Å². The minimum Gasteiger partial charge on any atom is -0.492 e. The van der Waals surface area contributed by atoms with Gasteiger partial charge in [-0.25, -0.2) is 4.79 Å². The van der Waals surface area contributed by atoms with E-state index in [1.54, 1.807) is 4.90 Å². The number of likely N-dealkylation sites (tertiary alicyclic amines) is 1. The molecule has 26 heavy (non-hydrogen) atoms. The highest BCUT2D eigenvalue weighted by atomic mass is 35.5. The largest absolute Gasteiger partial charge is 0.492 e. The molecule has 1 amide bonds. The molecule has 1 aliphatic rings. The van der Waals surface area contributed by atoms with Crippen molar-refractivity contribution in [2.75, 3.05) is 19.7 Å². The Morgan fingerprint density at radius 2 is 1.85 bits per heavy atom. The number of hydrogen-bond acceptors (Lipinski definition) is 3. The number of carbonyl (C=O) groups excluding carboxylic acids is 1. The quantitative estimate of drug-likeness (QED) is 0.691. The molecule has 1 fully saturated rings. The van der Waals surface area contributed by atoms with E-state index in [0.717, 1.165) is 12.1 Å². The second-order valence-electron chi connectivity index (χ2n) is 7.36. The third-order valence-electron chi connectivity index (χ3n) is 4.00. The van der Waals surface area contributed by atoms with E-state index in [2.05, 4.69) is 0 Å². The van der Waals surface area contributed by atoms with Crippen LogP contribution in [-0.4, -0.2) is 36.3 Å². The number of rotatable bonds is 3. The number of halogens is 4. The van der Waals surface area contributed by atoms with Crippen LogP contribution < -0.4 is 4.74 Å². The van der Waals surface area contributed by atoms with Crippen molar-refractivity contribution in [1.29, 1.82) is 0 Å². The topological polar surface area (TPSA) is 38.8 Å². The summed E-state index contributed by atoms with van der Waals surface area (Å²) < 4.78 is 49.2. The molecule has 0 saturated carbocycles. The van der Waals surface area contributed by atoms with Crippen LogP contribution in [0.2, 0.25) is 5.02 Å². The SMILES string of the molecule is CC(C)(C)OC(=O)N1CCC(COc2cc(C(F)(F)F)ccc2Cl)CC1. The number of nitrogens with zero attached hydrogens (tertiary/aromatic N) is 1. The van der Waals surface area contributed by atoms with Crippen LogP contribution in [0.5, 0.6) is 5.75 Å². The number of benzene rings is 1. The maximum absolute atomic E-state index is 12.8. The van der Waals surface area contributed by atoms with Crippen LogP contribution in [0.4, 0.5) is 18.0 Å². The van der Waals surface area contributed by atoms with Crippen LogP contribution in [0, 0.1) is 5.92 Å². The molecule has 1 aromatic carbocycles. The van der Waals surface area contributed by atoms with Gasteiger partial charge in [-0.1, -0.05) is 11.6 Å². The number of alkyl halides is 3. The second-order valence-corrected chi connectivity index (χ2v) is 7.77. The van der Waals surface area contributed by atoms with E-state index in [1.165, 1.54) is 6.07 Å². The van der Waals surface area contributed by atoms with E-state index in [1.807, 2.05) is 20.8 Å². The van der Waals surface area contributed by atoms with Gasteiger partial charge in [0.2, 0.25) is 0 Å². The lowest BCUT2D eigenvalue weighted by molar-refractivity contribution is -0.137. The zero-order valence-corrected chi connectivity index (χ0v) is 15.8. The van der Waals surface area contributed by atoms with Crippen molar-refractivity contribution >= 4 is 17.7 Å². The number of piperidine rings is 1. The summed E-state index contributed by atoms with van der Waals surface area (Å²) in [6.45, 7) is 6.74. The van der Waals surface area contributed by atoms with Crippen LogP contribution in [-0.2, 0) is 10.9 Å². The van der Waals surface area contributed by atoms with Crippen LogP contribution in [0.15, 0.2) is 18.2 Å². The first-order valence-electron chi connectivity index (χ1n) is 8.43. The Labute approximate surface area is 156 Å². The third kappa shape index (κ3) is 5.97. The molecule has 1 aliphatic heterocycles. The monoisotopic (exact) mass is 393 g/mol. The molecule has 0 N–H and O–H groups in total. The van der Waals surface area contributed by atoms with E-state index in [9.17, 15) is 18.0 Å². The van der Waals surface area contributed by atoms with Gasteiger partial charge in [-0.2, -0.15) is 13.2 Å². The van der Waals surface area contributed by atoms with E-state index < -0.39 is 17.3 Å². The molecule has 0 aromatic heterocycles. The van der Waals surface area contributed by atoms with Crippen molar-refractivity contribution in [3.05, 3.63) is 28.8 Å². The first-order valence-corrected chi connectivity index (χ1v) is 8.81. The Morgan fingerprint density at radius 1 is 1.23 bits per heavy atom. The van der Waals surface area contributed by atoms with Crippen LogP contribution >= 0.6 is 11.6 Å². The molecule has 8 heteroatoms. The Kier molecular flexibility index (Phi) is 6.32. The first-order chi connectivity index (χ1) is 12.0. The number of amides is 1. The lowest BCUT2D eigenvalue weighted by Gasteiger charge is -2.33. The Hall–Kier alpha value is -1.63. The zero-order chi connectivity index (χ0) is 19.5. The molecule has 0 unspecified atom stereocenters. The third-order valence-corrected chi connectivity index (χ3v) is 4.31. The molecule has 0 atom stereocenters. The molecule has 146 valence electrons.